The van der Waals surface area contributed by atoms with Crippen LogP contribution in [-0.4, -0.2) is 23.3 Å². The molecule has 4 nitrogen and oxygen atoms in total. The molecule has 0 aliphatic carbocycles. The van der Waals surface area contributed by atoms with E-state index >= 15 is 0 Å². The summed E-state index contributed by atoms with van der Waals surface area (Å²) in [5, 5.41) is 11.5. The Morgan fingerprint density at radius 2 is 2.62 bits per heavy atom. The van der Waals surface area contributed by atoms with E-state index in [-0.39, 0.29) is 6.61 Å². The minimum atomic E-state index is -0.427. The molecule has 0 spiro atoms. The first-order chi connectivity index (χ1) is 6.24. The van der Waals surface area contributed by atoms with Gasteiger partial charge in [-0.1, -0.05) is 0 Å². The molecule has 1 unspecified atom stereocenters. The Morgan fingerprint density at radius 3 is 3.15 bits per heavy atom. The Labute approximate surface area is 80.4 Å². The minimum Gasteiger partial charge on any atom is -0.389 e. The maximum Gasteiger partial charge on any atom is 0.118 e. The van der Waals surface area contributed by atoms with Crippen LogP contribution in [0.2, 0.25) is 0 Å². The molecule has 0 aromatic carbocycles. The summed E-state index contributed by atoms with van der Waals surface area (Å²) >= 11 is 1.44. The van der Waals surface area contributed by atoms with Crippen molar-refractivity contribution in [3.63, 3.8) is 0 Å². The second-order valence-corrected chi connectivity index (χ2v) is 4.19. The summed E-state index contributed by atoms with van der Waals surface area (Å²) in [7, 11) is 0. The van der Waals surface area contributed by atoms with Gasteiger partial charge in [-0.25, -0.2) is 4.98 Å². The number of nitrogens with two attached hydrogens (primary N) is 1. The molecule has 0 saturated carbocycles. The fraction of sp³-hybridized carbons (Fsp3) is 0.625. The second-order valence-electron chi connectivity index (χ2n) is 3.24. The van der Waals surface area contributed by atoms with E-state index < -0.39 is 5.54 Å². The monoisotopic (exact) mass is 200 g/mol. The Kier molecular flexibility index (Phi) is 2.33. The molecule has 1 aromatic heterocycles. The number of ether oxygens (including phenoxy) is 1. The lowest BCUT2D eigenvalue weighted by molar-refractivity contribution is 0.177. The molecule has 1 aromatic rings. The van der Waals surface area contributed by atoms with Gasteiger partial charge in [-0.3, -0.25) is 0 Å². The summed E-state index contributed by atoms with van der Waals surface area (Å²) in [6.07, 6.45) is 0.807. The van der Waals surface area contributed by atoms with Gasteiger partial charge in [-0.05, 0) is 6.42 Å². The molecule has 5 heteroatoms. The number of nitrogens with zero attached hydrogens (tertiary/aromatic N) is 1. The molecule has 1 atom stereocenters. The predicted molar refractivity (Wildman–Crippen MR) is 49.3 cm³/mol. The molecule has 2 rings (SSSR count). The third-order valence-corrected chi connectivity index (χ3v) is 3.08. The maximum absolute atomic E-state index is 8.85. The molecule has 13 heavy (non-hydrogen) atoms. The van der Waals surface area contributed by atoms with Crippen LogP contribution in [0.4, 0.5) is 0 Å². The molecular formula is C8H12N2O2S. The number of thiazole rings is 1. The summed E-state index contributed by atoms with van der Waals surface area (Å²) < 4.78 is 5.23. The van der Waals surface area contributed by atoms with Crippen LogP contribution in [0.5, 0.6) is 0 Å². The average Bonchev–Trinajstić information content (AvgIpc) is 2.72. The minimum absolute atomic E-state index is 0.0123. The molecule has 1 aliphatic rings. The van der Waals surface area contributed by atoms with Crippen LogP contribution < -0.4 is 5.73 Å². The van der Waals surface area contributed by atoms with Crippen molar-refractivity contribution < 1.29 is 9.84 Å². The van der Waals surface area contributed by atoms with Crippen LogP contribution in [0.25, 0.3) is 0 Å². The highest BCUT2D eigenvalue weighted by Gasteiger charge is 2.34. The van der Waals surface area contributed by atoms with Gasteiger partial charge in [-0.2, -0.15) is 0 Å². The third-order valence-electron chi connectivity index (χ3n) is 2.25. The van der Waals surface area contributed by atoms with Crippen molar-refractivity contribution in [2.75, 3.05) is 13.2 Å². The van der Waals surface area contributed by atoms with E-state index in [2.05, 4.69) is 4.98 Å². The van der Waals surface area contributed by atoms with Crippen molar-refractivity contribution in [1.82, 2.24) is 4.98 Å². The van der Waals surface area contributed by atoms with Crippen molar-refractivity contribution in [2.45, 2.75) is 18.6 Å². The van der Waals surface area contributed by atoms with Crippen LogP contribution in [-0.2, 0) is 16.9 Å². The topological polar surface area (TPSA) is 68.4 Å². The zero-order chi connectivity index (χ0) is 9.31. The first kappa shape index (κ1) is 9.08. The van der Waals surface area contributed by atoms with E-state index in [0.29, 0.717) is 18.2 Å². The summed E-state index contributed by atoms with van der Waals surface area (Å²) in [6, 6.07) is 0. The number of aliphatic hydroxyl groups excluding tert-OH is 1. The normalized spacial score (nSPS) is 28.2. The van der Waals surface area contributed by atoms with Crippen molar-refractivity contribution in [3.8, 4) is 0 Å². The lowest BCUT2D eigenvalue weighted by Gasteiger charge is -2.18. The summed E-state index contributed by atoms with van der Waals surface area (Å²) in [5.74, 6) is 0. The number of hydrogen-bond donors (Lipinski definition) is 2. The molecule has 0 bridgehead atoms. The lowest BCUT2D eigenvalue weighted by Crippen LogP contribution is -2.37. The van der Waals surface area contributed by atoms with Crippen molar-refractivity contribution in [3.05, 3.63) is 16.1 Å². The SMILES string of the molecule is NC1(c2csc(CO)n2)CCOC1. The zero-order valence-corrected chi connectivity index (χ0v) is 8.01. The average molecular weight is 200 g/mol. The zero-order valence-electron chi connectivity index (χ0n) is 7.19. The van der Waals surface area contributed by atoms with Gasteiger partial charge in [0.1, 0.15) is 5.01 Å². The number of aromatic nitrogens is 1. The largest absolute Gasteiger partial charge is 0.389 e. The van der Waals surface area contributed by atoms with Crippen molar-refractivity contribution in [2.24, 2.45) is 5.73 Å². The molecule has 1 aliphatic heterocycles. The van der Waals surface area contributed by atoms with Gasteiger partial charge < -0.3 is 15.6 Å². The highest BCUT2D eigenvalue weighted by atomic mass is 32.1. The second kappa shape index (κ2) is 3.34. The molecule has 1 saturated heterocycles. The van der Waals surface area contributed by atoms with Gasteiger partial charge in [0.15, 0.2) is 0 Å². The third kappa shape index (κ3) is 1.60. The predicted octanol–water partition coefficient (Wildman–Crippen LogP) is 0.210. The van der Waals surface area contributed by atoms with Crippen molar-refractivity contribution >= 4 is 11.3 Å². The van der Waals surface area contributed by atoms with Gasteiger partial charge >= 0.3 is 0 Å². The van der Waals surface area contributed by atoms with E-state index in [0.717, 1.165) is 12.1 Å². The number of aliphatic hydroxyl groups is 1. The number of rotatable bonds is 2. The fourth-order valence-corrected chi connectivity index (χ4v) is 2.16. The van der Waals surface area contributed by atoms with E-state index in [1.807, 2.05) is 5.38 Å². The lowest BCUT2D eigenvalue weighted by atomic mass is 9.97. The van der Waals surface area contributed by atoms with Gasteiger partial charge in [-0.15, -0.1) is 11.3 Å². The van der Waals surface area contributed by atoms with Gasteiger partial charge in [0, 0.05) is 12.0 Å². The molecule has 72 valence electrons. The van der Waals surface area contributed by atoms with Crippen LogP contribution in [0.15, 0.2) is 5.38 Å². The molecule has 1 fully saturated rings. The highest BCUT2D eigenvalue weighted by molar-refractivity contribution is 7.09. The molecule has 3 N–H and O–H groups in total. The van der Waals surface area contributed by atoms with Gasteiger partial charge in [0.2, 0.25) is 0 Å². The van der Waals surface area contributed by atoms with E-state index in [9.17, 15) is 0 Å². The first-order valence-electron chi connectivity index (χ1n) is 4.17. The molecule has 0 amide bonds. The van der Waals surface area contributed by atoms with Crippen LogP contribution in [0.3, 0.4) is 0 Å². The Balaban J connectivity index is 2.23. The van der Waals surface area contributed by atoms with Crippen LogP contribution in [0.1, 0.15) is 17.1 Å². The summed E-state index contributed by atoms with van der Waals surface area (Å²) in [5.41, 5.74) is 6.51. The van der Waals surface area contributed by atoms with E-state index in [1.165, 1.54) is 11.3 Å². The van der Waals surface area contributed by atoms with Crippen molar-refractivity contribution in [1.29, 1.82) is 0 Å². The van der Waals surface area contributed by atoms with E-state index in [1.54, 1.807) is 0 Å². The Bertz CT molecular complexity index is 294. The van der Waals surface area contributed by atoms with Crippen LogP contribution >= 0.6 is 11.3 Å². The Morgan fingerprint density at radius 1 is 1.77 bits per heavy atom. The molecule has 2 heterocycles. The first-order valence-corrected chi connectivity index (χ1v) is 5.05. The van der Waals surface area contributed by atoms with Crippen LogP contribution in [0, 0.1) is 0 Å². The molecular weight excluding hydrogens is 188 g/mol. The van der Waals surface area contributed by atoms with Gasteiger partial charge in [0.25, 0.3) is 0 Å². The standard InChI is InChI=1S/C8H12N2O2S/c9-8(1-2-12-5-8)6-4-13-7(3-11)10-6/h4,11H,1-3,5,9H2. The number of hydrogen-bond acceptors (Lipinski definition) is 5. The molecule has 0 radical (unpaired) electrons. The fourth-order valence-electron chi connectivity index (χ4n) is 1.39. The summed E-state index contributed by atoms with van der Waals surface area (Å²) in [6.45, 7) is 1.21. The summed E-state index contributed by atoms with van der Waals surface area (Å²) in [4.78, 5) is 4.25. The Hall–Kier alpha value is -0.490. The quantitative estimate of drug-likeness (QED) is 0.716. The maximum atomic E-state index is 8.85. The van der Waals surface area contributed by atoms with Gasteiger partial charge in [0.05, 0.1) is 24.4 Å². The smallest absolute Gasteiger partial charge is 0.118 e. The van der Waals surface area contributed by atoms with E-state index in [4.69, 9.17) is 15.6 Å². The highest BCUT2D eigenvalue weighted by Crippen LogP contribution is 2.28.